The number of carbonyl (C=O) groups excluding carboxylic acids is 1. The molecule has 0 aromatic carbocycles. The predicted octanol–water partition coefficient (Wildman–Crippen LogP) is 3.69. The topological polar surface area (TPSA) is 26.3 Å². The first-order valence-electron chi connectivity index (χ1n) is 6.54. The van der Waals surface area contributed by atoms with Gasteiger partial charge in [0, 0.05) is 6.42 Å². The zero-order chi connectivity index (χ0) is 12.0. The molecule has 0 aliphatic heterocycles. The Morgan fingerprint density at radius 1 is 1.31 bits per heavy atom. The van der Waals surface area contributed by atoms with Gasteiger partial charge in [-0.05, 0) is 37.0 Å². The molecule has 1 rings (SSSR count). The molecule has 92 valence electrons. The van der Waals surface area contributed by atoms with Crippen LogP contribution < -0.4 is 0 Å². The molecule has 1 aliphatic rings. The smallest absolute Gasteiger partial charge is 0.192 e. The van der Waals surface area contributed by atoms with Crippen molar-refractivity contribution >= 4 is 14.1 Å². The van der Waals surface area contributed by atoms with Gasteiger partial charge in [-0.1, -0.05) is 26.8 Å². The number of ketones is 1. The van der Waals surface area contributed by atoms with E-state index >= 15 is 0 Å². The van der Waals surface area contributed by atoms with Crippen LogP contribution in [0.4, 0.5) is 0 Å². The highest BCUT2D eigenvalue weighted by Gasteiger charge is 2.31. The zero-order valence-electron chi connectivity index (χ0n) is 10.8. The molecule has 0 saturated heterocycles. The molecule has 0 bridgehead atoms. The van der Waals surface area contributed by atoms with Gasteiger partial charge in [-0.3, -0.25) is 4.79 Å². The van der Waals surface area contributed by atoms with E-state index in [1.807, 2.05) is 6.08 Å². The van der Waals surface area contributed by atoms with Crippen LogP contribution in [0.5, 0.6) is 0 Å². The van der Waals surface area contributed by atoms with Crippen molar-refractivity contribution in [1.82, 2.24) is 0 Å². The SMILES string of the molecule is CC[Si](CC)(CC)OC1C=CC(=O)CCC1. The molecule has 0 heterocycles. The summed E-state index contributed by atoms with van der Waals surface area (Å²) in [6, 6.07) is 3.54. The molecule has 1 aliphatic carbocycles. The second kappa shape index (κ2) is 6.35. The van der Waals surface area contributed by atoms with Crippen LogP contribution in [0, 0.1) is 0 Å². The summed E-state index contributed by atoms with van der Waals surface area (Å²) in [5.41, 5.74) is 0. The Bertz CT molecular complexity index is 248. The normalized spacial score (nSPS) is 22.2. The summed E-state index contributed by atoms with van der Waals surface area (Å²) in [4.78, 5) is 11.3. The first-order chi connectivity index (χ1) is 7.65. The molecular formula is C13H24O2Si. The molecule has 0 spiro atoms. The van der Waals surface area contributed by atoms with Crippen LogP contribution in [0.3, 0.4) is 0 Å². The predicted molar refractivity (Wildman–Crippen MR) is 70.1 cm³/mol. The second-order valence-electron chi connectivity index (χ2n) is 4.62. The van der Waals surface area contributed by atoms with Gasteiger partial charge in [0.25, 0.3) is 0 Å². The Labute approximate surface area is 100 Å². The van der Waals surface area contributed by atoms with Crippen molar-refractivity contribution in [3.63, 3.8) is 0 Å². The number of hydrogen-bond acceptors (Lipinski definition) is 2. The Morgan fingerprint density at radius 3 is 2.50 bits per heavy atom. The summed E-state index contributed by atoms with van der Waals surface area (Å²) >= 11 is 0. The van der Waals surface area contributed by atoms with Gasteiger partial charge in [0.15, 0.2) is 14.1 Å². The lowest BCUT2D eigenvalue weighted by Gasteiger charge is -2.31. The number of carbonyl (C=O) groups is 1. The highest BCUT2D eigenvalue weighted by molar-refractivity contribution is 6.73. The third kappa shape index (κ3) is 3.56. The van der Waals surface area contributed by atoms with Crippen molar-refractivity contribution in [2.75, 3.05) is 0 Å². The minimum Gasteiger partial charge on any atom is -0.411 e. The summed E-state index contributed by atoms with van der Waals surface area (Å²) in [6.45, 7) is 6.72. The summed E-state index contributed by atoms with van der Waals surface area (Å²) in [7, 11) is -1.51. The van der Waals surface area contributed by atoms with Crippen LogP contribution in [0.2, 0.25) is 18.1 Å². The van der Waals surface area contributed by atoms with E-state index in [1.54, 1.807) is 6.08 Å². The molecule has 0 N–H and O–H groups in total. The van der Waals surface area contributed by atoms with E-state index in [0.29, 0.717) is 6.42 Å². The first-order valence-corrected chi connectivity index (χ1v) is 9.07. The lowest BCUT2D eigenvalue weighted by molar-refractivity contribution is -0.114. The van der Waals surface area contributed by atoms with Crippen LogP contribution >= 0.6 is 0 Å². The molecule has 0 saturated carbocycles. The average molecular weight is 240 g/mol. The molecular weight excluding hydrogens is 216 g/mol. The van der Waals surface area contributed by atoms with E-state index in [9.17, 15) is 4.79 Å². The Hall–Kier alpha value is -0.413. The Morgan fingerprint density at radius 2 is 1.94 bits per heavy atom. The maximum atomic E-state index is 11.3. The molecule has 0 fully saturated rings. The Kier molecular flexibility index (Phi) is 5.42. The molecule has 0 aromatic heterocycles. The third-order valence-electron chi connectivity index (χ3n) is 3.74. The van der Waals surface area contributed by atoms with Gasteiger partial charge in [0.1, 0.15) is 0 Å². The zero-order valence-corrected chi connectivity index (χ0v) is 11.8. The van der Waals surface area contributed by atoms with Crippen molar-refractivity contribution in [3.05, 3.63) is 12.2 Å². The number of hydrogen-bond donors (Lipinski definition) is 0. The molecule has 0 amide bonds. The summed E-state index contributed by atoms with van der Waals surface area (Å²) in [6.07, 6.45) is 6.57. The summed E-state index contributed by atoms with van der Waals surface area (Å²) in [5.74, 6) is 0.253. The van der Waals surface area contributed by atoms with Gasteiger partial charge in [-0.15, -0.1) is 0 Å². The molecule has 1 atom stereocenters. The van der Waals surface area contributed by atoms with E-state index in [-0.39, 0.29) is 11.9 Å². The van der Waals surface area contributed by atoms with Crippen molar-refractivity contribution in [1.29, 1.82) is 0 Å². The molecule has 3 heteroatoms. The second-order valence-corrected chi connectivity index (χ2v) is 9.34. The van der Waals surface area contributed by atoms with Gasteiger partial charge < -0.3 is 4.43 Å². The van der Waals surface area contributed by atoms with E-state index in [2.05, 4.69) is 20.8 Å². The van der Waals surface area contributed by atoms with Crippen molar-refractivity contribution < 1.29 is 9.22 Å². The molecule has 0 aromatic rings. The van der Waals surface area contributed by atoms with E-state index < -0.39 is 8.32 Å². The minimum absolute atomic E-state index is 0.193. The number of rotatable bonds is 5. The van der Waals surface area contributed by atoms with E-state index in [1.165, 1.54) is 18.1 Å². The standard InChI is InChI=1S/C13H24O2Si/c1-4-16(5-2,6-3)15-13-9-7-8-12(14)10-11-13/h10-11,13H,4-9H2,1-3H3. The van der Waals surface area contributed by atoms with Gasteiger partial charge in [0.05, 0.1) is 6.10 Å². The van der Waals surface area contributed by atoms with Crippen LogP contribution in [0.15, 0.2) is 12.2 Å². The molecule has 0 radical (unpaired) electrons. The van der Waals surface area contributed by atoms with Crippen LogP contribution in [0.1, 0.15) is 40.0 Å². The third-order valence-corrected chi connectivity index (χ3v) is 8.41. The van der Waals surface area contributed by atoms with E-state index in [0.717, 1.165) is 12.8 Å². The lowest BCUT2D eigenvalue weighted by atomic mass is 10.2. The average Bonchev–Trinajstić information content (AvgIpc) is 2.51. The van der Waals surface area contributed by atoms with Crippen molar-refractivity contribution in [3.8, 4) is 0 Å². The van der Waals surface area contributed by atoms with Gasteiger partial charge in [-0.2, -0.15) is 0 Å². The highest BCUT2D eigenvalue weighted by atomic mass is 28.4. The quantitative estimate of drug-likeness (QED) is 0.685. The van der Waals surface area contributed by atoms with Crippen LogP contribution in [-0.4, -0.2) is 20.2 Å². The number of allylic oxidation sites excluding steroid dienone is 1. The molecule has 2 nitrogen and oxygen atoms in total. The van der Waals surface area contributed by atoms with Crippen LogP contribution in [0.25, 0.3) is 0 Å². The fourth-order valence-corrected chi connectivity index (χ4v) is 5.13. The fourth-order valence-electron chi connectivity index (χ4n) is 2.29. The van der Waals surface area contributed by atoms with Crippen molar-refractivity contribution in [2.24, 2.45) is 0 Å². The van der Waals surface area contributed by atoms with Crippen molar-refractivity contribution in [2.45, 2.75) is 64.3 Å². The molecule has 16 heavy (non-hydrogen) atoms. The minimum atomic E-state index is -1.51. The van der Waals surface area contributed by atoms with Gasteiger partial charge >= 0.3 is 0 Å². The summed E-state index contributed by atoms with van der Waals surface area (Å²) < 4.78 is 6.35. The largest absolute Gasteiger partial charge is 0.411 e. The monoisotopic (exact) mass is 240 g/mol. The van der Waals surface area contributed by atoms with Crippen LogP contribution in [-0.2, 0) is 9.22 Å². The van der Waals surface area contributed by atoms with Gasteiger partial charge in [0.2, 0.25) is 0 Å². The summed E-state index contributed by atoms with van der Waals surface area (Å²) in [5, 5.41) is 0. The highest BCUT2D eigenvalue weighted by Crippen LogP contribution is 2.26. The maximum absolute atomic E-state index is 11.3. The Balaban J connectivity index is 2.63. The van der Waals surface area contributed by atoms with E-state index in [4.69, 9.17) is 4.43 Å². The lowest BCUT2D eigenvalue weighted by Crippen LogP contribution is -2.39. The maximum Gasteiger partial charge on any atom is 0.192 e. The molecule has 1 unspecified atom stereocenters. The first kappa shape index (κ1) is 13.7. The van der Waals surface area contributed by atoms with Gasteiger partial charge in [-0.25, -0.2) is 0 Å². The fraction of sp³-hybridized carbons (Fsp3) is 0.769.